The van der Waals surface area contributed by atoms with E-state index in [2.05, 4.69) is 5.32 Å². The number of hydrogen-bond donors (Lipinski definition) is 3. The van der Waals surface area contributed by atoms with Crippen molar-refractivity contribution in [2.24, 2.45) is 0 Å². The van der Waals surface area contributed by atoms with E-state index in [1.807, 2.05) is 0 Å². The van der Waals surface area contributed by atoms with Gasteiger partial charge in [0.2, 0.25) is 0 Å². The normalized spacial score (nSPS) is 13.8. The van der Waals surface area contributed by atoms with E-state index in [9.17, 15) is 19.1 Å². The molecular formula is C12H14FNO4. The second kappa shape index (κ2) is 5.59. The zero-order valence-electron chi connectivity index (χ0n) is 9.98. The Kier molecular flexibility index (Phi) is 4.38. The highest BCUT2D eigenvalue weighted by Crippen LogP contribution is 2.09. The van der Waals surface area contributed by atoms with Gasteiger partial charge in [-0.15, -0.1) is 0 Å². The van der Waals surface area contributed by atoms with Gasteiger partial charge in [0.1, 0.15) is 5.82 Å². The maximum Gasteiger partial charge on any atom is 0.328 e. The third kappa shape index (κ3) is 3.27. The van der Waals surface area contributed by atoms with Crippen LogP contribution in [0, 0.1) is 12.7 Å². The first-order chi connectivity index (χ1) is 8.32. The highest BCUT2D eigenvalue weighted by atomic mass is 19.1. The summed E-state index contributed by atoms with van der Waals surface area (Å²) >= 11 is 0. The summed E-state index contributed by atoms with van der Waals surface area (Å²) in [5, 5.41) is 20.2. The lowest BCUT2D eigenvalue weighted by Gasteiger charge is -2.17. The van der Waals surface area contributed by atoms with Crippen LogP contribution < -0.4 is 5.32 Å². The molecular weight excluding hydrogens is 241 g/mol. The van der Waals surface area contributed by atoms with E-state index in [1.165, 1.54) is 26.0 Å². The van der Waals surface area contributed by atoms with Gasteiger partial charge >= 0.3 is 5.97 Å². The van der Waals surface area contributed by atoms with Crippen molar-refractivity contribution in [2.75, 3.05) is 0 Å². The molecule has 1 aromatic carbocycles. The number of aryl methyl sites for hydroxylation is 1. The third-order valence-corrected chi connectivity index (χ3v) is 2.46. The molecule has 2 atom stereocenters. The largest absolute Gasteiger partial charge is 0.480 e. The molecule has 98 valence electrons. The summed E-state index contributed by atoms with van der Waals surface area (Å²) in [7, 11) is 0. The summed E-state index contributed by atoms with van der Waals surface area (Å²) < 4.78 is 13.0. The molecule has 0 unspecified atom stereocenters. The highest BCUT2D eigenvalue weighted by Gasteiger charge is 2.25. The molecule has 1 amide bonds. The van der Waals surface area contributed by atoms with Gasteiger partial charge in [0, 0.05) is 5.56 Å². The van der Waals surface area contributed by atoms with Crippen molar-refractivity contribution < 1.29 is 24.2 Å². The van der Waals surface area contributed by atoms with Gasteiger partial charge in [-0.3, -0.25) is 4.79 Å². The first-order valence-electron chi connectivity index (χ1n) is 5.31. The van der Waals surface area contributed by atoms with Crippen LogP contribution in [0.15, 0.2) is 18.2 Å². The van der Waals surface area contributed by atoms with Gasteiger partial charge in [0.25, 0.3) is 5.91 Å². The Hall–Kier alpha value is -1.95. The van der Waals surface area contributed by atoms with Crippen LogP contribution in [-0.2, 0) is 4.79 Å². The Morgan fingerprint density at radius 3 is 2.44 bits per heavy atom. The van der Waals surface area contributed by atoms with Crippen LogP contribution in [0.3, 0.4) is 0 Å². The molecule has 0 spiro atoms. The minimum Gasteiger partial charge on any atom is -0.480 e. The molecule has 0 fully saturated rings. The fourth-order valence-electron chi connectivity index (χ4n) is 1.40. The third-order valence-electron chi connectivity index (χ3n) is 2.46. The van der Waals surface area contributed by atoms with Crippen LogP contribution in [0.4, 0.5) is 4.39 Å². The van der Waals surface area contributed by atoms with E-state index in [-0.39, 0.29) is 11.1 Å². The van der Waals surface area contributed by atoms with E-state index in [0.29, 0.717) is 0 Å². The van der Waals surface area contributed by atoms with Gasteiger partial charge in [-0.25, -0.2) is 9.18 Å². The molecule has 0 saturated heterocycles. The SMILES string of the molecule is Cc1cc(C(=O)N[C@H](C(=O)O)[C@@H](C)O)ccc1F. The van der Waals surface area contributed by atoms with Crippen LogP contribution in [0.1, 0.15) is 22.8 Å². The van der Waals surface area contributed by atoms with Gasteiger partial charge in [-0.1, -0.05) is 0 Å². The van der Waals surface area contributed by atoms with Crippen LogP contribution in [0.2, 0.25) is 0 Å². The number of hydrogen-bond acceptors (Lipinski definition) is 3. The topological polar surface area (TPSA) is 86.6 Å². The number of carbonyl (C=O) groups excluding carboxylic acids is 1. The second-order valence-electron chi connectivity index (χ2n) is 3.99. The van der Waals surface area contributed by atoms with Crippen LogP contribution >= 0.6 is 0 Å². The fraction of sp³-hybridized carbons (Fsp3) is 0.333. The lowest BCUT2D eigenvalue weighted by molar-refractivity contribution is -0.141. The summed E-state index contributed by atoms with van der Waals surface area (Å²) in [5.74, 6) is -2.46. The maximum absolute atomic E-state index is 13.0. The number of aliphatic hydroxyl groups excluding tert-OH is 1. The summed E-state index contributed by atoms with van der Waals surface area (Å²) in [6, 6.07) is 2.29. The minimum atomic E-state index is -1.40. The molecule has 0 aliphatic rings. The number of carboxylic acids is 1. The van der Waals surface area contributed by atoms with E-state index < -0.39 is 29.8 Å². The van der Waals surface area contributed by atoms with Gasteiger partial charge in [-0.2, -0.15) is 0 Å². The molecule has 0 aliphatic carbocycles. The molecule has 0 radical (unpaired) electrons. The number of benzene rings is 1. The molecule has 1 rings (SSSR count). The number of carbonyl (C=O) groups is 2. The lowest BCUT2D eigenvalue weighted by atomic mass is 10.1. The Labute approximate surface area is 103 Å². The standard InChI is InChI=1S/C12H14FNO4/c1-6-5-8(3-4-9(6)13)11(16)14-10(7(2)15)12(17)18/h3-5,7,10,15H,1-2H3,(H,14,16)(H,17,18)/t7-,10+/m1/s1. The molecule has 0 heterocycles. The Morgan fingerprint density at radius 2 is 2.00 bits per heavy atom. The molecule has 0 bridgehead atoms. The maximum atomic E-state index is 13.0. The van der Waals surface area contributed by atoms with E-state index in [1.54, 1.807) is 0 Å². The number of amides is 1. The zero-order valence-corrected chi connectivity index (χ0v) is 9.98. The molecule has 6 heteroatoms. The van der Waals surface area contributed by atoms with Gasteiger partial charge in [0.15, 0.2) is 6.04 Å². The van der Waals surface area contributed by atoms with Gasteiger partial charge in [0.05, 0.1) is 6.10 Å². The number of aliphatic carboxylic acids is 1. The number of nitrogens with one attached hydrogen (secondary N) is 1. The zero-order chi connectivity index (χ0) is 13.9. The summed E-state index contributed by atoms with van der Waals surface area (Å²) in [6.45, 7) is 2.75. The summed E-state index contributed by atoms with van der Waals surface area (Å²) in [5.41, 5.74) is 0.423. The van der Waals surface area contributed by atoms with Crippen molar-refractivity contribution in [3.63, 3.8) is 0 Å². The average molecular weight is 255 g/mol. The van der Waals surface area contributed by atoms with Gasteiger partial charge in [-0.05, 0) is 37.6 Å². The Bertz CT molecular complexity index is 473. The van der Waals surface area contributed by atoms with Crippen molar-refractivity contribution >= 4 is 11.9 Å². The average Bonchev–Trinajstić information content (AvgIpc) is 2.28. The second-order valence-corrected chi connectivity index (χ2v) is 3.99. The van der Waals surface area contributed by atoms with Crippen molar-refractivity contribution in [3.8, 4) is 0 Å². The molecule has 3 N–H and O–H groups in total. The highest BCUT2D eigenvalue weighted by molar-refractivity contribution is 5.96. The van der Waals surface area contributed by atoms with Crippen molar-refractivity contribution in [3.05, 3.63) is 35.1 Å². The molecule has 5 nitrogen and oxygen atoms in total. The predicted molar refractivity (Wildman–Crippen MR) is 61.7 cm³/mol. The van der Waals surface area contributed by atoms with Crippen molar-refractivity contribution in [1.29, 1.82) is 0 Å². The van der Waals surface area contributed by atoms with Crippen molar-refractivity contribution in [1.82, 2.24) is 5.32 Å². The van der Waals surface area contributed by atoms with E-state index in [4.69, 9.17) is 5.11 Å². The van der Waals surface area contributed by atoms with E-state index >= 15 is 0 Å². The Balaban J connectivity index is 2.87. The smallest absolute Gasteiger partial charge is 0.328 e. The van der Waals surface area contributed by atoms with Crippen LogP contribution in [0.5, 0.6) is 0 Å². The monoisotopic (exact) mass is 255 g/mol. The van der Waals surface area contributed by atoms with Crippen molar-refractivity contribution in [2.45, 2.75) is 26.0 Å². The molecule has 18 heavy (non-hydrogen) atoms. The lowest BCUT2D eigenvalue weighted by Crippen LogP contribution is -2.47. The number of carboxylic acid groups (broad SMARTS) is 1. The van der Waals surface area contributed by atoms with Crippen LogP contribution in [0.25, 0.3) is 0 Å². The molecule has 0 aromatic heterocycles. The summed E-state index contributed by atoms with van der Waals surface area (Å²) in [6.07, 6.45) is -1.23. The number of rotatable bonds is 4. The molecule has 1 aromatic rings. The predicted octanol–water partition coefficient (Wildman–Crippen LogP) is 0.698. The number of halogens is 1. The van der Waals surface area contributed by atoms with Crippen LogP contribution in [-0.4, -0.2) is 34.2 Å². The fourth-order valence-corrected chi connectivity index (χ4v) is 1.40. The first-order valence-corrected chi connectivity index (χ1v) is 5.31. The molecule has 0 saturated carbocycles. The Morgan fingerprint density at radius 1 is 1.39 bits per heavy atom. The summed E-state index contributed by atoms with van der Waals surface area (Å²) in [4.78, 5) is 22.5. The first kappa shape index (κ1) is 14.1. The number of aliphatic hydroxyl groups is 1. The minimum absolute atomic E-state index is 0.140. The van der Waals surface area contributed by atoms with Gasteiger partial charge < -0.3 is 15.5 Å². The quantitative estimate of drug-likeness (QED) is 0.739. The molecule has 0 aliphatic heterocycles. The van der Waals surface area contributed by atoms with E-state index in [0.717, 1.165) is 6.07 Å².